The third-order valence-electron chi connectivity index (χ3n) is 5.54. The minimum Gasteiger partial charge on any atom is -0.493 e. The lowest BCUT2D eigenvalue weighted by Crippen LogP contribution is -2.28. The number of ether oxygens (including phenoxy) is 1. The van der Waals surface area contributed by atoms with Crippen LogP contribution in [0, 0.1) is 0 Å². The normalized spacial score (nSPS) is 19.0. The average Bonchev–Trinajstić information content (AvgIpc) is 3.36. The molecule has 0 aliphatic carbocycles. The summed E-state index contributed by atoms with van der Waals surface area (Å²) in [6.45, 7) is 2.12. The minimum absolute atomic E-state index is 0.0548. The Kier molecular flexibility index (Phi) is 4.89. The lowest BCUT2D eigenvalue weighted by molar-refractivity contribution is 0.0790. The Morgan fingerprint density at radius 2 is 1.89 bits per heavy atom. The Balaban J connectivity index is 1.46. The molecule has 2 aromatic carbocycles. The quantitative estimate of drug-likeness (QED) is 0.791. The smallest absolute Gasteiger partial charge is 0.253 e. The highest BCUT2D eigenvalue weighted by Gasteiger charge is 2.29. The van der Waals surface area contributed by atoms with E-state index in [1.54, 1.807) is 12.1 Å². The van der Waals surface area contributed by atoms with Crippen LogP contribution in [0.5, 0.6) is 5.75 Å². The zero-order valence-electron chi connectivity index (χ0n) is 16.1. The van der Waals surface area contributed by atoms with Gasteiger partial charge in [0, 0.05) is 45.1 Å². The van der Waals surface area contributed by atoms with Crippen molar-refractivity contribution in [1.29, 1.82) is 0 Å². The van der Waals surface area contributed by atoms with E-state index < -0.39 is 10.0 Å². The summed E-state index contributed by atoms with van der Waals surface area (Å²) >= 11 is 0. The van der Waals surface area contributed by atoms with Gasteiger partial charge in [-0.1, -0.05) is 12.1 Å². The van der Waals surface area contributed by atoms with Crippen molar-refractivity contribution in [3.63, 3.8) is 0 Å². The van der Waals surface area contributed by atoms with Gasteiger partial charge in [0.05, 0.1) is 11.5 Å². The van der Waals surface area contributed by atoms with Crippen LogP contribution in [-0.4, -0.2) is 57.3 Å². The number of rotatable bonds is 4. The first-order valence-corrected chi connectivity index (χ1v) is 10.9. The van der Waals surface area contributed by atoms with Crippen molar-refractivity contribution in [1.82, 2.24) is 9.21 Å². The lowest BCUT2D eigenvalue weighted by Gasteiger charge is -2.18. The highest BCUT2D eigenvalue weighted by atomic mass is 32.2. The second-order valence-electron chi connectivity index (χ2n) is 7.51. The highest BCUT2D eigenvalue weighted by Crippen LogP contribution is 2.33. The molecule has 2 aliphatic rings. The first-order chi connectivity index (χ1) is 13.4. The van der Waals surface area contributed by atoms with Crippen LogP contribution in [0.4, 0.5) is 0 Å². The van der Waals surface area contributed by atoms with Crippen molar-refractivity contribution in [2.45, 2.75) is 23.7 Å². The van der Waals surface area contributed by atoms with Crippen LogP contribution in [0.15, 0.2) is 47.4 Å². The predicted octanol–water partition coefficient (Wildman–Crippen LogP) is 2.50. The monoisotopic (exact) mass is 400 g/mol. The molecule has 0 aromatic heterocycles. The van der Waals surface area contributed by atoms with E-state index in [1.807, 2.05) is 11.0 Å². The molecular formula is C21H24N2O4S. The van der Waals surface area contributed by atoms with Gasteiger partial charge in [0.15, 0.2) is 0 Å². The van der Waals surface area contributed by atoms with Gasteiger partial charge in [-0.15, -0.1) is 0 Å². The number of hydrogen-bond acceptors (Lipinski definition) is 4. The maximum atomic E-state index is 12.9. The van der Waals surface area contributed by atoms with Gasteiger partial charge in [-0.25, -0.2) is 12.7 Å². The van der Waals surface area contributed by atoms with Gasteiger partial charge in [-0.3, -0.25) is 4.79 Å². The maximum Gasteiger partial charge on any atom is 0.253 e. The molecule has 1 saturated heterocycles. The number of likely N-dealkylation sites (tertiary alicyclic amines) is 1. The molecule has 0 spiro atoms. The molecule has 1 amide bonds. The Labute approximate surface area is 165 Å². The van der Waals surface area contributed by atoms with Crippen molar-refractivity contribution in [2.24, 2.45) is 0 Å². The largest absolute Gasteiger partial charge is 0.493 e. The summed E-state index contributed by atoms with van der Waals surface area (Å²) in [6.07, 6.45) is 1.87. The van der Waals surface area contributed by atoms with E-state index in [9.17, 15) is 13.2 Å². The summed E-state index contributed by atoms with van der Waals surface area (Å²) in [6, 6.07) is 12.5. The van der Waals surface area contributed by atoms with Gasteiger partial charge in [0.1, 0.15) is 5.75 Å². The second-order valence-corrected chi connectivity index (χ2v) is 9.67. The second kappa shape index (κ2) is 7.22. The Bertz CT molecular complexity index is 1000. The SMILES string of the molecule is CN(C)S(=O)(=O)c1ccc(C(=O)N2CCC(c3ccc4c(c3)CCO4)C2)cc1. The van der Waals surface area contributed by atoms with E-state index in [0.29, 0.717) is 24.6 Å². The molecular weight excluding hydrogens is 376 g/mol. The summed E-state index contributed by atoms with van der Waals surface area (Å²) in [5.41, 5.74) is 3.02. The fraction of sp³-hybridized carbons (Fsp3) is 0.381. The summed E-state index contributed by atoms with van der Waals surface area (Å²) in [5.74, 6) is 1.24. The third kappa shape index (κ3) is 3.40. The summed E-state index contributed by atoms with van der Waals surface area (Å²) < 4.78 is 31.1. The predicted molar refractivity (Wildman–Crippen MR) is 106 cm³/mol. The zero-order chi connectivity index (χ0) is 19.9. The molecule has 4 rings (SSSR count). The molecule has 2 aromatic rings. The molecule has 0 saturated carbocycles. The van der Waals surface area contributed by atoms with E-state index in [-0.39, 0.29) is 10.8 Å². The molecule has 0 bridgehead atoms. The average molecular weight is 401 g/mol. The molecule has 2 aliphatic heterocycles. The molecule has 6 nitrogen and oxygen atoms in total. The molecule has 0 radical (unpaired) electrons. The topological polar surface area (TPSA) is 66.9 Å². The number of sulfonamides is 1. The highest BCUT2D eigenvalue weighted by molar-refractivity contribution is 7.89. The lowest BCUT2D eigenvalue weighted by atomic mass is 9.96. The number of carbonyl (C=O) groups excluding carboxylic acids is 1. The standard InChI is InChI=1S/C21H24N2O4S/c1-22(2)28(25,26)19-6-3-15(4-7-19)21(24)23-11-9-18(14-23)16-5-8-20-17(13-16)10-12-27-20/h3-8,13,18H,9-12,14H2,1-2H3. The number of benzene rings is 2. The van der Waals surface area contributed by atoms with E-state index in [1.165, 1.54) is 37.4 Å². The molecule has 28 heavy (non-hydrogen) atoms. The van der Waals surface area contributed by atoms with Crippen LogP contribution in [-0.2, 0) is 16.4 Å². The summed E-state index contributed by atoms with van der Waals surface area (Å²) in [7, 11) is -0.510. The number of fused-ring (bicyclic) bond motifs is 1. The van der Waals surface area contributed by atoms with Crippen LogP contribution in [0.25, 0.3) is 0 Å². The Morgan fingerprint density at radius 3 is 2.61 bits per heavy atom. The Hall–Kier alpha value is -2.38. The molecule has 2 heterocycles. The summed E-state index contributed by atoms with van der Waals surface area (Å²) in [5, 5.41) is 0. The van der Waals surface area contributed by atoms with E-state index in [2.05, 4.69) is 12.1 Å². The van der Waals surface area contributed by atoms with Crippen LogP contribution >= 0.6 is 0 Å². The Morgan fingerprint density at radius 1 is 1.14 bits per heavy atom. The first kappa shape index (κ1) is 19.0. The summed E-state index contributed by atoms with van der Waals surface area (Å²) in [4.78, 5) is 14.9. The third-order valence-corrected chi connectivity index (χ3v) is 7.37. The molecule has 1 unspecified atom stereocenters. The van der Waals surface area contributed by atoms with E-state index in [4.69, 9.17) is 4.74 Å². The van der Waals surface area contributed by atoms with Crippen molar-refractivity contribution in [3.8, 4) is 5.75 Å². The van der Waals surface area contributed by atoms with Crippen molar-refractivity contribution >= 4 is 15.9 Å². The van der Waals surface area contributed by atoms with Crippen molar-refractivity contribution in [2.75, 3.05) is 33.8 Å². The van der Waals surface area contributed by atoms with Gasteiger partial charge >= 0.3 is 0 Å². The van der Waals surface area contributed by atoms with Gasteiger partial charge in [-0.05, 0) is 47.9 Å². The molecule has 1 atom stereocenters. The number of hydrogen-bond donors (Lipinski definition) is 0. The van der Waals surface area contributed by atoms with Crippen molar-refractivity contribution in [3.05, 3.63) is 59.2 Å². The number of nitrogens with zero attached hydrogens (tertiary/aromatic N) is 2. The fourth-order valence-electron chi connectivity index (χ4n) is 3.84. The van der Waals surface area contributed by atoms with Gasteiger partial charge < -0.3 is 9.64 Å². The number of carbonyl (C=O) groups is 1. The molecule has 148 valence electrons. The van der Waals surface area contributed by atoms with Crippen LogP contribution < -0.4 is 4.74 Å². The van der Waals surface area contributed by atoms with Crippen molar-refractivity contribution < 1.29 is 17.9 Å². The number of amides is 1. The molecule has 0 N–H and O–H groups in total. The van der Waals surface area contributed by atoms with Crippen LogP contribution in [0.2, 0.25) is 0 Å². The van der Waals surface area contributed by atoms with Gasteiger partial charge in [0.25, 0.3) is 5.91 Å². The first-order valence-electron chi connectivity index (χ1n) is 9.44. The van der Waals surface area contributed by atoms with Crippen LogP contribution in [0.3, 0.4) is 0 Å². The van der Waals surface area contributed by atoms with E-state index >= 15 is 0 Å². The van der Waals surface area contributed by atoms with Gasteiger partial charge in [0.2, 0.25) is 10.0 Å². The minimum atomic E-state index is -3.49. The van der Waals surface area contributed by atoms with E-state index in [0.717, 1.165) is 29.5 Å². The molecule has 1 fully saturated rings. The molecule has 7 heteroatoms. The zero-order valence-corrected chi connectivity index (χ0v) is 16.9. The fourth-order valence-corrected chi connectivity index (χ4v) is 4.74. The van der Waals surface area contributed by atoms with Gasteiger partial charge in [-0.2, -0.15) is 0 Å². The van der Waals surface area contributed by atoms with Crippen LogP contribution in [0.1, 0.15) is 33.8 Å². The maximum absolute atomic E-state index is 12.9.